The number of rotatable bonds is 4. The largest absolute Gasteiger partial charge is 0.380 e. The summed E-state index contributed by atoms with van der Waals surface area (Å²) in [4.78, 5) is 30.6. The lowest BCUT2D eigenvalue weighted by molar-refractivity contribution is -0.191. The Hall–Kier alpha value is -2.49. The molecule has 4 aliphatic rings. The van der Waals surface area contributed by atoms with Crippen LogP contribution in [-0.4, -0.2) is 82.8 Å². The van der Waals surface area contributed by atoms with Gasteiger partial charge in [-0.05, 0) is 37.5 Å². The van der Waals surface area contributed by atoms with Crippen molar-refractivity contribution < 1.29 is 14.3 Å². The minimum atomic E-state index is -0.377. The van der Waals surface area contributed by atoms with Crippen LogP contribution in [-0.2, 0) is 16.1 Å². The molecule has 1 atom stereocenters. The fourth-order valence-electron chi connectivity index (χ4n) is 5.90. The second kappa shape index (κ2) is 7.54. The van der Waals surface area contributed by atoms with Crippen LogP contribution in [0.25, 0.3) is 5.52 Å². The third kappa shape index (κ3) is 3.39. The monoisotopic (exact) mass is 438 g/mol. The first kappa shape index (κ1) is 20.1. The zero-order valence-corrected chi connectivity index (χ0v) is 18.5. The van der Waals surface area contributed by atoms with Gasteiger partial charge in [0.05, 0.1) is 30.6 Å². The summed E-state index contributed by atoms with van der Waals surface area (Å²) in [6.07, 6.45) is 6.56. The molecule has 3 amide bonds. The lowest BCUT2D eigenvalue weighted by Gasteiger charge is -2.58. The highest BCUT2D eigenvalue weighted by Crippen LogP contribution is 2.49. The molecule has 0 unspecified atom stereocenters. The number of nitrogens with one attached hydrogen (secondary N) is 1. The number of amides is 3. The summed E-state index contributed by atoms with van der Waals surface area (Å²) in [6.45, 7) is 8.79. The van der Waals surface area contributed by atoms with Crippen molar-refractivity contribution in [3.8, 4) is 0 Å². The predicted octanol–water partition coefficient (Wildman–Crippen LogP) is 1.47. The van der Waals surface area contributed by atoms with Gasteiger partial charge in [0, 0.05) is 62.8 Å². The van der Waals surface area contributed by atoms with Crippen molar-refractivity contribution in [2.75, 3.05) is 44.3 Å². The number of ether oxygens (including phenoxy) is 1. The standard InChI is InChI=1S/C23H30N6O3/c1-16-12-26(6-7-27(16)18-9-23(10-18)14-32-15-23)13-17-2-5-29-19(8-17)20(11-24-29)28-4-3-21(30)25-22(28)31/h2,5,8,11,16,18H,3-4,6-7,9-10,12-15H2,1H3,(H,25,30,31)/t16-/m0/s1. The van der Waals surface area contributed by atoms with Gasteiger partial charge in [-0.3, -0.25) is 24.8 Å². The van der Waals surface area contributed by atoms with Crippen molar-refractivity contribution in [3.05, 3.63) is 30.1 Å². The van der Waals surface area contributed by atoms with E-state index < -0.39 is 0 Å². The number of fused-ring (bicyclic) bond motifs is 1. The Balaban J connectivity index is 1.12. The highest BCUT2D eigenvalue weighted by atomic mass is 16.5. The summed E-state index contributed by atoms with van der Waals surface area (Å²) in [5.74, 6) is -0.227. The first-order valence-corrected chi connectivity index (χ1v) is 11.6. The highest BCUT2D eigenvalue weighted by molar-refractivity contribution is 6.07. The van der Waals surface area contributed by atoms with E-state index in [9.17, 15) is 9.59 Å². The Morgan fingerprint density at radius 1 is 1.22 bits per heavy atom. The van der Waals surface area contributed by atoms with E-state index in [1.165, 1.54) is 18.4 Å². The number of carbonyl (C=O) groups excluding carboxylic acids is 2. The van der Waals surface area contributed by atoms with Crippen LogP contribution in [0.3, 0.4) is 0 Å². The predicted molar refractivity (Wildman–Crippen MR) is 118 cm³/mol. The van der Waals surface area contributed by atoms with Crippen LogP contribution in [0.15, 0.2) is 24.5 Å². The number of hydrogen-bond donors (Lipinski definition) is 1. The van der Waals surface area contributed by atoms with E-state index in [4.69, 9.17) is 4.74 Å². The van der Waals surface area contributed by atoms with Crippen LogP contribution >= 0.6 is 0 Å². The number of carbonyl (C=O) groups is 2. The van der Waals surface area contributed by atoms with Gasteiger partial charge in [-0.2, -0.15) is 5.10 Å². The molecule has 5 heterocycles. The summed E-state index contributed by atoms with van der Waals surface area (Å²) >= 11 is 0. The number of anilines is 1. The summed E-state index contributed by atoms with van der Waals surface area (Å²) in [7, 11) is 0. The van der Waals surface area contributed by atoms with E-state index in [0.29, 0.717) is 24.4 Å². The van der Waals surface area contributed by atoms with Gasteiger partial charge in [0.15, 0.2) is 0 Å². The number of aromatic nitrogens is 2. The molecule has 2 aromatic rings. The Kier molecular flexibility index (Phi) is 4.74. The topological polar surface area (TPSA) is 82.4 Å². The molecule has 3 saturated heterocycles. The van der Waals surface area contributed by atoms with E-state index in [1.54, 1.807) is 15.6 Å². The van der Waals surface area contributed by atoms with Crippen LogP contribution in [0.2, 0.25) is 0 Å². The minimum absolute atomic E-state index is 0.227. The van der Waals surface area contributed by atoms with Crippen LogP contribution in [0.1, 0.15) is 31.7 Å². The van der Waals surface area contributed by atoms with Crippen LogP contribution < -0.4 is 10.2 Å². The molecule has 0 aromatic carbocycles. The molecule has 1 N–H and O–H groups in total. The fraction of sp³-hybridized carbons (Fsp3) is 0.609. The molecule has 9 heteroatoms. The van der Waals surface area contributed by atoms with Crippen molar-refractivity contribution in [1.29, 1.82) is 0 Å². The normalized spacial score (nSPS) is 26.9. The van der Waals surface area contributed by atoms with Crippen molar-refractivity contribution in [2.45, 2.75) is 44.8 Å². The fourth-order valence-corrected chi connectivity index (χ4v) is 5.90. The minimum Gasteiger partial charge on any atom is -0.380 e. The second-order valence-corrected chi connectivity index (χ2v) is 10.0. The Labute approximate surface area is 187 Å². The first-order chi connectivity index (χ1) is 15.5. The number of hydrogen-bond acceptors (Lipinski definition) is 6. The molecular formula is C23H30N6O3. The van der Waals surface area contributed by atoms with Gasteiger partial charge in [-0.1, -0.05) is 0 Å². The van der Waals surface area contributed by atoms with E-state index in [0.717, 1.165) is 56.6 Å². The maximum atomic E-state index is 12.3. The third-order valence-electron chi connectivity index (χ3n) is 7.70. The molecule has 1 aliphatic carbocycles. The van der Waals surface area contributed by atoms with Gasteiger partial charge in [0.25, 0.3) is 0 Å². The highest BCUT2D eigenvalue weighted by Gasteiger charge is 2.52. The van der Waals surface area contributed by atoms with Crippen molar-refractivity contribution in [1.82, 2.24) is 24.7 Å². The third-order valence-corrected chi connectivity index (χ3v) is 7.70. The van der Waals surface area contributed by atoms with E-state index in [-0.39, 0.29) is 11.9 Å². The number of urea groups is 1. The van der Waals surface area contributed by atoms with E-state index in [2.05, 4.69) is 39.3 Å². The number of pyridine rings is 1. The molecule has 1 spiro atoms. The molecule has 170 valence electrons. The number of nitrogens with zero attached hydrogens (tertiary/aromatic N) is 5. The molecule has 3 aliphatic heterocycles. The molecule has 32 heavy (non-hydrogen) atoms. The Bertz CT molecular complexity index is 1060. The molecule has 6 rings (SSSR count). The SMILES string of the molecule is C[C@H]1CN(Cc2ccn3ncc(N4CCC(=O)NC4=O)c3c2)CCN1C1CC2(COC2)C1. The van der Waals surface area contributed by atoms with E-state index in [1.807, 2.05) is 6.20 Å². The van der Waals surface area contributed by atoms with Crippen LogP contribution in [0, 0.1) is 5.41 Å². The molecule has 4 fully saturated rings. The molecule has 0 radical (unpaired) electrons. The van der Waals surface area contributed by atoms with Crippen molar-refractivity contribution in [2.24, 2.45) is 5.41 Å². The Morgan fingerprint density at radius 3 is 2.78 bits per heavy atom. The lowest BCUT2D eigenvalue weighted by Crippen LogP contribution is -2.64. The average Bonchev–Trinajstić information content (AvgIpc) is 3.10. The zero-order chi connectivity index (χ0) is 21.9. The van der Waals surface area contributed by atoms with Crippen molar-refractivity contribution in [3.63, 3.8) is 0 Å². The summed E-state index contributed by atoms with van der Waals surface area (Å²) < 4.78 is 7.23. The van der Waals surface area contributed by atoms with Crippen LogP contribution in [0.5, 0.6) is 0 Å². The zero-order valence-electron chi connectivity index (χ0n) is 18.5. The van der Waals surface area contributed by atoms with Gasteiger partial charge in [-0.25, -0.2) is 9.31 Å². The first-order valence-electron chi connectivity index (χ1n) is 11.6. The smallest absolute Gasteiger partial charge is 0.328 e. The second-order valence-electron chi connectivity index (χ2n) is 10.0. The summed E-state index contributed by atoms with van der Waals surface area (Å²) in [6, 6.07) is 5.13. The quantitative estimate of drug-likeness (QED) is 0.779. The maximum Gasteiger partial charge on any atom is 0.328 e. The average molecular weight is 439 g/mol. The lowest BCUT2D eigenvalue weighted by atomic mass is 9.63. The maximum absolute atomic E-state index is 12.3. The number of imide groups is 1. The van der Waals surface area contributed by atoms with Crippen molar-refractivity contribution >= 4 is 23.1 Å². The Morgan fingerprint density at radius 2 is 2.06 bits per heavy atom. The van der Waals surface area contributed by atoms with Gasteiger partial charge >= 0.3 is 6.03 Å². The van der Waals surface area contributed by atoms with Gasteiger partial charge in [-0.15, -0.1) is 0 Å². The van der Waals surface area contributed by atoms with Gasteiger partial charge in [0.2, 0.25) is 5.91 Å². The van der Waals surface area contributed by atoms with E-state index >= 15 is 0 Å². The molecule has 9 nitrogen and oxygen atoms in total. The molecule has 1 saturated carbocycles. The number of piperazine rings is 1. The summed E-state index contributed by atoms with van der Waals surface area (Å²) in [5.41, 5.74) is 3.36. The molecule has 2 aromatic heterocycles. The van der Waals surface area contributed by atoms with Gasteiger partial charge in [0.1, 0.15) is 0 Å². The van der Waals surface area contributed by atoms with Crippen LogP contribution in [0.4, 0.5) is 10.5 Å². The van der Waals surface area contributed by atoms with Gasteiger partial charge < -0.3 is 4.74 Å². The molecule has 0 bridgehead atoms. The molecular weight excluding hydrogens is 408 g/mol. The summed E-state index contributed by atoms with van der Waals surface area (Å²) in [5, 5.41) is 6.79.